The Hall–Kier alpha value is -3.09. The van der Waals surface area contributed by atoms with Crippen molar-refractivity contribution in [2.75, 3.05) is 23.6 Å². The van der Waals surface area contributed by atoms with Crippen LogP contribution in [0.25, 0.3) is 0 Å². The maximum Gasteiger partial charge on any atom is 0.231 e. The molecule has 0 spiro atoms. The molecule has 1 N–H and O–H groups in total. The van der Waals surface area contributed by atoms with Gasteiger partial charge in [-0.1, -0.05) is 0 Å². The molecule has 2 amide bonds. The van der Waals surface area contributed by atoms with Gasteiger partial charge in [-0.05, 0) is 36.8 Å². The topological polar surface area (TPSA) is 80.8 Å². The number of pyridine rings is 1. The zero-order valence-corrected chi connectivity index (χ0v) is 13.7. The van der Waals surface area contributed by atoms with E-state index in [1.54, 1.807) is 35.4 Å². The number of fused-ring (bicyclic) bond motifs is 1. The molecule has 7 nitrogen and oxygen atoms in total. The van der Waals surface area contributed by atoms with Crippen LogP contribution in [0.15, 0.2) is 36.5 Å². The molecule has 1 saturated heterocycles. The van der Waals surface area contributed by atoms with Gasteiger partial charge in [0.15, 0.2) is 11.5 Å². The Morgan fingerprint density at radius 3 is 2.92 bits per heavy atom. The van der Waals surface area contributed by atoms with Crippen LogP contribution in [0.4, 0.5) is 11.5 Å². The molecule has 0 unspecified atom stereocenters. The number of hydrogen-bond donors (Lipinski definition) is 1. The highest BCUT2D eigenvalue weighted by atomic mass is 16.7. The molecular weight excluding hydrogens is 322 g/mol. The number of carbonyl (C=O) groups excluding carboxylic acids is 2. The molecule has 1 atom stereocenters. The molecule has 3 heterocycles. The maximum atomic E-state index is 12.5. The smallest absolute Gasteiger partial charge is 0.231 e. The first kappa shape index (κ1) is 15.4. The van der Waals surface area contributed by atoms with Crippen LogP contribution in [0.5, 0.6) is 11.5 Å². The average Bonchev–Trinajstić information content (AvgIpc) is 3.20. The number of ether oxygens (including phenoxy) is 2. The minimum absolute atomic E-state index is 0.0868. The van der Waals surface area contributed by atoms with Gasteiger partial charge in [0.05, 0.1) is 5.92 Å². The van der Waals surface area contributed by atoms with Gasteiger partial charge in [0.2, 0.25) is 18.6 Å². The molecule has 25 heavy (non-hydrogen) atoms. The number of benzene rings is 1. The summed E-state index contributed by atoms with van der Waals surface area (Å²) in [7, 11) is 0. The number of amides is 2. The van der Waals surface area contributed by atoms with Crippen LogP contribution in [0.2, 0.25) is 0 Å². The van der Waals surface area contributed by atoms with E-state index in [2.05, 4.69) is 10.3 Å². The third kappa shape index (κ3) is 3.00. The van der Waals surface area contributed by atoms with Crippen molar-refractivity contribution in [3.05, 3.63) is 42.1 Å². The Morgan fingerprint density at radius 2 is 2.08 bits per heavy atom. The van der Waals surface area contributed by atoms with E-state index < -0.39 is 5.92 Å². The van der Waals surface area contributed by atoms with Crippen LogP contribution < -0.4 is 19.7 Å². The van der Waals surface area contributed by atoms with Gasteiger partial charge in [-0.25, -0.2) is 4.98 Å². The first-order valence-corrected chi connectivity index (χ1v) is 8.04. The van der Waals surface area contributed by atoms with Gasteiger partial charge in [0.25, 0.3) is 0 Å². The predicted molar refractivity (Wildman–Crippen MR) is 90.6 cm³/mol. The van der Waals surface area contributed by atoms with Crippen molar-refractivity contribution in [1.82, 2.24) is 4.98 Å². The van der Waals surface area contributed by atoms with E-state index in [0.717, 1.165) is 5.56 Å². The number of carbonyl (C=O) groups is 2. The molecule has 0 aliphatic carbocycles. The van der Waals surface area contributed by atoms with Crippen molar-refractivity contribution in [2.24, 2.45) is 5.92 Å². The summed E-state index contributed by atoms with van der Waals surface area (Å²) in [6.45, 7) is 2.44. The molecule has 0 bridgehead atoms. The molecule has 0 radical (unpaired) electrons. The van der Waals surface area contributed by atoms with Gasteiger partial charge in [-0.15, -0.1) is 0 Å². The fourth-order valence-electron chi connectivity index (χ4n) is 3.02. The molecule has 1 aromatic heterocycles. The molecule has 0 saturated carbocycles. The van der Waals surface area contributed by atoms with Gasteiger partial charge in [-0.2, -0.15) is 0 Å². The quantitative estimate of drug-likeness (QED) is 0.926. The first-order valence-electron chi connectivity index (χ1n) is 8.04. The number of hydrogen-bond acceptors (Lipinski definition) is 5. The largest absolute Gasteiger partial charge is 0.454 e. The second-order valence-corrected chi connectivity index (χ2v) is 6.15. The normalized spacial score (nSPS) is 18.5. The fraction of sp³-hybridized carbons (Fsp3) is 0.278. The van der Waals surface area contributed by atoms with Crippen LogP contribution >= 0.6 is 0 Å². The minimum Gasteiger partial charge on any atom is -0.454 e. The molecular formula is C18H17N3O4. The molecule has 4 rings (SSSR count). The summed E-state index contributed by atoms with van der Waals surface area (Å²) < 4.78 is 10.6. The van der Waals surface area contributed by atoms with Crippen LogP contribution in [0.1, 0.15) is 12.0 Å². The van der Waals surface area contributed by atoms with E-state index in [1.807, 2.05) is 13.0 Å². The van der Waals surface area contributed by atoms with Gasteiger partial charge in [-0.3, -0.25) is 9.59 Å². The Morgan fingerprint density at radius 1 is 1.24 bits per heavy atom. The summed E-state index contributed by atoms with van der Waals surface area (Å²) in [6.07, 6.45) is 1.82. The van der Waals surface area contributed by atoms with E-state index in [1.165, 1.54) is 0 Å². The highest BCUT2D eigenvalue weighted by Crippen LogP contribution is 2.37. The molecule has 1 fully saturated rings. The van der Waals surface area contributed by atoms with Crippen molar-refractivity contribution in [3.8, 4) is 11.5 Å². The van der Waals surface area contributed by atoms with Crippen molar-refractivity contribution in [1.29, 1.82) is 0 Å². The highest BCUT2D eigenvalue weighted by molar-refractivity contribution is 6.03. The first-order chi connectivity index (χ1) is 12.1. The number of aryl methyl sites for hydroxylation is 1. The van der Waals surface area contributed by atoms with E-state index in [4.69, 9.17) is 9.47 Å². The van der Waals surface area contributed by atoms with Gasteiger partial charge in [0.1, 0.15) is 5.82 Å². The van der Waals surface area contributed by atoms with Crippen molar-refractivity contribution < 1.29 is 19.1 Å². The van der Waals surface area contributed by atoms with Crippen LogP contribution in [0, 0.1) is 12.8 Å². The van der Waals surface area contributed by atoms with Crippen LogP contribution in [-0.4, -0.2) is 30.1 Å². The standard InChI is InChI=1S/C18H17N3O4/c1-11-4-5-19-16(6-11)20-18(23)12-7-17(22)21(9-12)13-2-3-14-15(8-13)25-10-24-14/h2-6,8,12H,7,9-10H2,1H3,(H,19,20,23)/t12-/m0/s1. The number of anilines is 2. The lowest BCUT2D eigenvalue weighted by Gasteiger charge is -2.17. The SMILES string of the molecule is Cc1ccnc(NC(=O)[C@H]2CC(=O)N(c3ccc4c(c3)OCO4)C2)c1. The molecule has 128 valence electrons. The number of nitrogens with one attached hydrogen (secondary N) is 1. The third-order valence-electron chi connectivity index (χ3n) is 4.33. The summed E-state index contributed by atoms with van der Waals surface area (Å²) in [5, 5.41) is 2.79. The Bertz CT molecular complexity index is 852. The zero-order valence-electron chi connectivity index (χ0n) is 13.7. The van der Waals surface area contributed by atoms with E-state index >= 15 is 0 Å². The number of rotatable bonds is 3. The average molecular weight is 339 g/mol. The predicted octanol–water partition coefficient (Wildman–Crippen LogP) is 2.11. The van der Waals surface area contributed by atoms with Crippen molar-refractivity contribution in [3.63, 3.8) is 0 Å². The number of aromatic nitrogens is 1. The summed E-state index contributed by atoms with van der Waals surface area (Å²) in [5.74, 6) is 1.07. The monoisotopic (exact) mass is 339 g/mol. The summed E-state index contributed by atoms with van der Waals surface area (Å²) in [5.41, 5.74) is 1.72. The molecule has 2 aliphatic rings. The lowest BCUT2D eigenvalue weighted by molar-refractivity contribution is -0.122. The zero-order chi connectivity index (χ0) is 17.4. The summed E-state index contributed by atoms with van der Waals surface area (Å²) >= 11 is 0. The summed E-state index contributed by atoms with van der Waals surface area (Å²) in [4.78, 5) is 30.5. The molecule has 2 aliphatic heterocycles. The molecule has 1 aromatic carbocycles. The second-order valence-electron chi connectivity index (χ2n) is 6.15. The maximum absolute atomic E-state index is 12.5. The fourth-order valence-corrected chi connectivity index (χ4v) is 3.02. The highest BCUT2D eigenvalue weighted by Gasteiger charge is 2.35. The van der Waals surface area contributed by atoms with Crippen LogP contribution in [0.3, 0.4) is 0 Å². The number of nitrogens with zero attached hydrogens (tertiary/aromatic N) is 2. The Kier molecular flexibility index (Phi) is 3.76. The van der Waals surface area contributed by atoms with Crippen LogP contribution in [-0.2, 0) is 9.59 Å². The lowest BCUT2D eigenvalue weighted by atomic mass is 10.1. The Labute approximate surface area is 144 Å². The second kappa shape index (κ2) is 6.08. The van der Waals surface area contributed by atoms with Gasteiger partial charge >= 0.3 is 0 Å². The van der Waals surface area contributed by atoms with E-state index in [-0.39, 0.29) is 25.0 Å². The summed E-state index contributed by atoms with van der Waals surface area (Å²) in [6, 6.07) is 8.99. The van der Waals surface area contributed by atoms with E-state index in [0.29, 0.717) is 29.5 Å². The molecule has 7 heteroatoms. The molecule has 2 aromatic rings. The minimum atomic E-state index is -0.416. The third-order valence-corrected chi connectivity index (χ3v) is 4.33. The van der Waals surface area contributed by atoms with Crippen molar-refractivity contribution >= 4 is 23.3 Å². The Balaban J connectivity index is 1.47. The van der Waals surface area contributed by atoms with Gasteiger partial charge < -0.3 is 19.7 Å². The van der Waals surface area contributed by atoms with Crippen molar-refractivity contribution in [2.45, 2.75) is 13.3 Å². The van der Waals surface area contributed by atoms with E-state index in [9.17, 15) is 9.59 Å². The lowest BCUT2D eigenvalue weighted by Crippen LogP contribution is -2.28. The van der Waals surface area contributed by atoms with Gasteiger partial charge in [0, 0.05) is 30.9 Å².